The lowest BCUT2D eigenvalue weighted by atomic mass is 10.2. The van der Waals surface area contributed by atoms with Crippen molar-refractivity contribution in [3.05, 3.63) is 29.8 Å². The van der Waals surface area contributed by atoms with Gasteiger partial charge in [-0.2, -0.15) is 0 Å². The molecule has 0 aliphatic heterocycles. The Kier molecular flexibility index (Phi) is 5.45. The van der Waals surface area contributed by atoms with Gasteiger partial charge in [0.05, 0.1) is 12.2 Å². The first kappa shape index (κ1) is 13.5. The van der Waals surface area contributed by atoms with Crippen LogP contribution in [0.5, 0.6) is 5.75 Å². The molecule has 0 bridgehead atoms. The fourth-order valence-electron chi connectivity index (χ4n) is 1.24. The van der Waals surface area contributed by atoms with Crippen LogP contribution in [0.2, 0.25) is 0 Å². The Bertz CT molecular complexity index is 364. The molecule has 94 valence electrons. The first-order valence-corrected chi connectivity index (χ1v) is 5.28. The van der Waals surface area contributed by atoms with Crippen molar-refractivity contribution >= 4 is 5.97 Å². The molecular formula is C12H16O5. The maximum absolute atomic E-state index is 11.4. The largest absolute Gasteiger partial charge is 0.463 e. The highest BCUT2D eigenvalue weighted by molar-refractivity contribution is 5.89. The molecule has 0 fully saturated rings. The second-order valence-corrected chi connectivity index (χ2v) is 3.28. The Hall–Kier alpha value is -1.59. The fourth-order valence-corrected chi connectivity index (χ4v) is 1.24. The standard InChI is InChI=1S/C12H16O5/c1-3-16-12(14)9-5-4-6-10(7-9)17-11(13)8-15-2/h4-7,11,13H,3,8H2,1-2H3. The third kappa shape index (κ3) is 4.42. The molecule has 1 rings (SSSR count). The summed E-state index contributed by atoms with van der Waals surface area (Å²) >= 11 is 0. The summed E-state index contributed by atoms with van der Waals surface area (Å²) in [7, 11) is 1.46. The van der Waals surface area contributed by atoms with Crippen molar-refractivity contribution in [1.29, 1.82) is 0 Å². The van der Waals surface area contributed by atoms with E-state index in [0.29, 0.717) is 17.9 Å². The molecule has 1 N–H and O–H groups in total. The Morgan fingerprint density at radius 1 is 1.47 bits per heavy atom. The normalized spacial score (nSPS) is 11.9. The molecule has 0 amide bonds. The van der Waals surface area contributed by atoms with E-state index in [2.05, 4.69) is 0 Å². The van der Waals surface area contributed by atoms with Crippen molar-refractivity contribution in [2.24, 2.45) is 0 Å². The number of hydrogen-bond donors (Lipinski definition) is 1. The van der Waals surface area contributed by atoms with Gasteiger partial charge in [0.1, 0.15) is 12.4 Å². The van der Waals surface area contributed by atoms with Crippen molar-refractivity contribution in [2.75, 3.05) is 20.3 Å². The van der Waals surface area contributed by atoms with Gasteiger partial charge in [-0.15, -0.1) is 0 Å². The highest BCUT2D eigenvalue weighted by atomic mass is 16.6. The summed E-state index contributed by atoms with van der Waals surface area (Å²) in [4.78, 5) is 11.4. The van der Waals surface area contributed by atoms with Gasteiger partial charge in [0, 0.05) is 7.11 Å². The van der Waals surface area contributed by atoms with Crippen molar-refractivity contribution in [3.63, 3.8) is 0 Å². The van der Waals surface area contributed by atoms with E-state index in [-0.39, 0.29) is 6.61 Å². The summed E-state index contributed by atoms with van der Waals surface area (Å²) in [6, 6.07) is 6.42. The molecule has 0 spiro atoms. The second kappa shape index (κ2) is 6.88. The van der Waals surface area contributed by atoms with Crippen LogP contribution in [0.15, 0.2) is 24.3 Å². The molecule has 1 unspecified atom stereocenters. The van der Waals surface area contributed by atoms with Crippen LogP contribution in [0.3, 0.4) is 0 Å². The molecule has 0 aliphatic carbocycles. The molecule has 5 heteroatoms. The topological polar surface area (TPSA) is 65.0 Å². The summed E-state index contributed by atoms with van der Waals surface area (Å²) in [6.07, 6.45) is -1.06. The zero-order valence-corrected chi connectivity index (χ0v) is 9.88. The van der Waals surface area contributed by atoms with Gasteiger partial charge >= 0.3 is 5.97 Å². The number of carbonyl (C=O) groups is 1. The summed E-state index contributed by atoms with van der Waals surface area (Å²) in [5, 5.41) is 9.37. The molecule has 0 radical (unpaired) electrons. The van der Waals surface area contributed by atoms with Crippen LogP contribution in [0.1, 0.15) is 17.3 Å². The number of ether oxygens (including phenoxy) is 3. The highest BCUT2D eigenvalue weighted by Crippen LogP contribution is 2.15. The van der Waals surface area contributed by atoms with Gasteiger partial charge in [0.15, 0.2) is 0 Å². The average Bonchev–Trinajstić information content (AvgIpc) is 2.30. The van der Waals surface area contributed by atoms with E-state index in [1.54, 1.807) is 25.1 Å². The summed E-state index contributed by atoms with van der Waals surface area (Å²) in [6.45, 7) is 2.11. The number of hydrogen-bond acceptors (Lipinski definition) is 5. The number of benzene rings is 1. The monoisotopic (exact) mass is 240 g/mol. The van der Waals surface area contributed by atoms with Crippen molar-refractivity contribution in [1.82, 2.24) is 0 Å². The fraction of sp³-hybridized carbons (Fsp3) is 0.417. The van der Waals surface area contributed by atoms with E-state index >= 15 is 0 Å². The van der Waals surface area contributed by atoms with E-state index in [1.165, 1.54) is 13.2 Å². The lowest BCUT2D eigenvalue weighted by molar-refractivity contribution is -0.0663. The van der Waals surface area contributed by atoms with E-state index < -0.39 is 12.3 Å². The lowest BCUT2D eigenvalue weighted by Crippen LogP contribution is -2.21. The molecule has 0 saturated heterocycles. The number of carbonyl (C=O) groups excluding carboxylic acids is 1. The maximum atomic E-state index is 11.4. The first-order valence-electron chi connectivity index (χ1n) is 5.28. The van der Waals surface area contributed by atoms with E-state index in [9.17, 15) is 9.90 Å². The predicted molar refractivity (Wildman–Crippen MR) is 60.9 cm³/mol. The van der Waals surface area contributed by atoms with E-state index in [1.807, 2.05) is 0 Å². The lowest BCUT2D eigenvalue weighted by Gasteiger charge is -2.12. The summed E-state index contributed by atoms with van der Waals surface area (Å²) in [5.74, 6) is -0.0284. The minimum Gasteiger partial charge on any atom is -0.463 e. The van der Waals surface area contributed by atoms with Crippen LogP contribution in [-0.2, 0) is 9.47 Å². The van der Waals surface area contributed by atoms with Gasteiger partial charge in [-0.25, -0.2) is 4.79 Å². The van der Waals surface area contributed by atoms with Gasteiger partial charge in [-0.1, -0.05) is 6.07 Å². The smallest absolute Gasteiger partial charge is 0.338 e. The van der Waals surface area contributed by atoms with E-state index in [4.69, 9.17) is 14.2 Å². The Labute approximate surface area is 99.9 Å². The number of aliphatic hydroxyl groups excluding tert-OH is 1. The van der Waals surface area contributed by atoms with Crippen LogP contribution in [0, 0.1) is 0 Å². The molecule has 5 nitrogen and oxygen atoms in total. The Balaban J connectivity index is 2.68. The third-order valence-corrected chi connectivity index (χ3v) is 1.93. The second-order valence-electron chi connectivity index (χ2n) is 3.28. The minimum atomic E-state index is -1.06. The van der Waals surface area contributed by atoms with Gasteiger partial charge < -0.3 is 19.3 Å². The van der Waals surface area contributed by atoms with Crippen molar-refractivity contribution < 1.29 is 24.1 Å². The van der Waals surface area contributed by atoms with Gasteiger partial charge in [0.25, 0.3) is 0 Å². The molecule has 1 atom stereocenters. The zero-order chi connectivity index (χ0) is 12.7. The SMILES string of the molecule is CCOC(=O)c1cccc(OC(O)COC)c1. The molecular weight excluding hydrogens is 224 g/mol. The molecule has 1 aromatic carbocycles. The van der Waals surface area contributed by atoms with Gasteiger partial charge in [0.2, 0.25) is 6.29 Å². The molecule has 0 aliphatic rings. The van der Waals surface area contributed by atoms with Crippen molar-refractivity contribution in [3.8, 4) is 5.75 Å². The van der Waals surface area contributed by atoms with Gasteiger partial charge in [-0.3, -0.25) is 0 Å². The summed E-state index contributed by atoms with van der Waals surface area (Å²) in [5.41, 5.74) is 0.383. The number of rotatable bonds is 6. The molecule has 0 heterocycles. The quantitative estimate of drug-likeness (QED) is 0.598. The molecule has 0 aromatic heterocycles. The van der Waals surface area contributed by atoms with Gasteiger partial charge in [-0.05, 0) is 25.1 Å². The molecule has 0 saturated carbocycles. The number of aliphatic hydroxyl groups is 1. The number of esters is 1. The summed E-state index contributed by atoms with van der Waals surface area (Å²) < 4.78 is 14.7. The third-order valence-electron chi connectivity index (χ3n) is 1.93. The van der Waals surface area contributed by atoms with Crippen LogP contribution in [0.4, 0.5) is 0 Å². The number of methoxy groups -OCH3 is 1. The molecule has 1 aromatic rings. The minimum absolute atomic E-state index is 0.0592. The Morgan fingerprint density at radius 3 is 2.88 bits per heavy atom. The highest BCUT2D eigenvalue weighted by Gasteiger charge is 2.09. The van der Waals surface area contributed by atoms with Crippen LogP contribution >= 0.6 is 0 Å². The Morgan fingerprint density at radius 2 is 2.24 bits per heavy atom. The average molecular weight is 240 g/mol. The zero-order valence-electron chi connectivity index (χ0n) is 9.88. The van der Waals surface area contributed by atoms with Crippen molar-refractivity contribution in [2.45, 2.75) is 13.2 Å². The van der Waals surface area contributed by atoms with Crippen LogP contribution in [-0.4, -0.2) is 37.7 Å². The van der Waals surface area contributed by atoms with E-state index in [0.717, 1.165) is 0 Å². The molecule has 17 heavy (non-hydrogen) atoms. The maximum Gasteiger partial charge on any atom is 0.338 e. The van der Waals surface area contributed by atoms with Crippen LogP contribution < -0.4 is 4.74 Å². The predicted octanol–water partition coefficient (Wildman–Crippen LogP) is 1.21. The van der Waals surface area contributed by atoms with Crippen LogP contribution in [0.25, 0.3) is 0 Å². The first-order chi connectivity index (χ1) is 8.17.